The summed E-state index contributed by atoms with van der Waals surface area (Å²) in [5, 5.41) is 3.48. The summed E-state index contributed by atoms with van der Waals surface area (Å²) in [5.74, 6) is 1.81. The van der Waals surface area contributed by atoms with Crippen molar-refractivity contribution in [2.24, 2.45) is 0 Å². The second kappa shape index (κ2) is 7.97. The number of nitrogens with zero attached hydrogens (tertiary/aromatic N) is 2. The molecule has 4 heteroatoms. The summed E-state index contributed by atoms with van der Waals surface area (Å²) >= 11 is 0. The zero-order valence-corrected chi connectivity index (χ0v) is 12.7. The van der Waals surface area contributed by atoms with Gasteiger partial charge in [-0.05, 0) is 19.3 Å². The summed E-state index contributed by atoms with van der Waals surface area (Å²) < 4.78 is 0. The van der Waals surface area contributed by atoms with Crippen molar-refractivity contribution < 1.29 is 0 Å². The van der Waals surface area contributed by atoms with Gasteiger partial charge in [-0.25, -0.2) is 9.97 Å². The smallest absolute Gasteiger partial charge is 0.135 e. The number of rotatable bonds is 8. The van der Waals surface area contributed by atoms with Gasteiger partial charge in [-0.1, -0.05) is 46.5 Å². The van der Waals surface area contributed by atoms with Crippen LogP contribution >= 0.6 is 0 Å². The van der Waals surface area contributed by atoms with Gasteiger partial charge in [0.1, 0.15) is 18.0 Å². The molecule has 1 unspecified atom stereocenters. The third kappa shape index (κ3) is 5.05. The highest BCUT2D eigenvalue weighted by Crippen LogP contribution is 2.27. The van der Waals surface area contributed by atoms with Crippen molar-refractivity contribution >= 4 is 11.6 Å². The molecule has 1 rings (SSSR count). The van der Waals surface area contributed by atoms with Gasteiger partial charge in [-0.2, -0.15) is 0 Å². The van der Waals surface area contributed by atoms with E-state index < -0.39 is 0 Å². The predicted octanol–water partition coefficient (Wildman–Crippen LogP) is 3.95. The summed E-state index contributed by atoms with van der Waals surface area (Å²) in [6.07, 6.45) is 7.88. The molecule has 1 aromatic heterocycles. The van der Waals surface area contributed by atoms with Gasteiger partial charge in [0.15, 0.2) is 0 Å². The molecule has 0 aliphatic rings. The van der Waals surface area contributed by atoms with E-state index in [0.29, 0.717) is 17.8 Å². The average Bonchev–Trinajstić information content (AvgIpc) is 2.34. The lowest BCUT2D eigenvalue weighted by Gasteiger charge is -2.19. The number of aromatic nitrogens is 2. The molecule has 108 valence electrons. The van der Waals surface area contributed by atoms with Crippen LogP contribution in [0.25, 0.3) is 0 Å². The topological polar surface area (TPSA) is 63.8 Å². The lowest BCUT2D eigenvalue weighted by atomic mass is 10.0. The Balaban J connectivity index is 2.58. The molecule has 0 amide bonds. The maximum atomic E-state index is 5.95. The van der Waals surface area contributed by atoms with Crippen molar-refractivity contribution in [2.45, 2.75) is 71.8 Å². The number of anilines is 2. The summed E-state index contributed by atoms with van der Waals surface area (Å²) in [7, 11) is 0. The van der Waals surface area contributed by atoms with Gasteiger partial charge in [0, 0.05) is 11.6 Å². The Morgan fingerprint density at radius 1 is 1.16 bits per heavy atom. The third-order valence-electron chi connectivity index (χ3n) is 3.37. The molecule has 0 fully saturated rings. The van der Waals surface area contributed by atoms with Crippen molar-refractivity contribution in [3.63, 3.8) is 0 Å². The van der Waals surface area contributed by atoms with Crippen molar-refractivity contribution in [3.8, 4) is 0 Å². The highest BCUT2D eigenvalue weighted by atomic mass is 15.1. The Morgan fingerprint density at radius 2 is 1.89 bits per heavy atom. The van der Waals surface area contributed by atoms with Gasteiger partial charge < -0.3 is 11.1 Å². The van der Waals surface area contributed by atoms with E-state index in [0.717, 1.165) is 11.4 Å². The van der Waals surface area contributed by atoms with Gasteiger partial charge in [0.2, 0.25) is 0 Å². The average molecular weight is 264 g/mol. The quantitative estimate of drug-likeness (QED) is 0.698. The number of nitrogens with one attached hydrogen (secondary N) is 1. The molecule has 1 heterocycles. The van der Waals surface area contributed by atoms with E-state index in [4.69, 9.17) is 5.73 Å². The molecule has 19 heavy (non-hydrogen) atoms. The highest BCUT2D eigenvalue weighted by molar-refractivity contribution is 5.56. The molecule has 1 atom stereocenters. The molecule has 3 N–H and O–H groups in total. The van der Waals surface area contributed by atoms with Crippen LogP contribution in [-0.4, -0.2) is 16.0 Å². The van der Waals surface area contributed by atoms with Gasteiger partial charge in [0.05, 0.1) is 0 Å². The van der Waals surface area contributed by atoms with Crippen LogP contribution in [0.1, 0.15) is 71.3 Å². The van der Waals surface area contributed by atoms with Crippen LogP contribution in [0.3, 0.4) is 0 Å². The van der Waals surface area contributed by atoms with Crippen LogP contribution in [0.5, 0.6) is 0 Å². The lowest BCUT2D eigenvalue weighted by Crippen LogP contribution is -2.18. The number of hydrogen-bond acceptors (Lipinski definition) is 4. The summed E-state index contributed by atoms with van der Waals surface area (Å²) in [5.41, 5.74) is 6.98. The van der Waals surface area contributed by atoms with E-state index in [9.17, 15) is 0 Å². The second-order valence-corrected chi connectivity index (χ2v) is 5.57. The molecule has 0 bridgehead atoms. The van der Waals surface area contributed by atoms with Crippen LogP contribution in [0.15, 0.2) is 6.33 Å². The van der Waals surface area contributed by atoms with Crippen molar-refractivity contribution in [1.82, 2.24) is 9.97 Å². The standard InChI is InChI=1S/C15H28N4/c1-5-6-7-8-9-12(4)19-15-13(11(2)3)14(16)17-10-18-15/h10-12H,5-9H2,1-4H3,(H3,16,17,18,19). The first-order valence-electron chi connectivity index (χ1n) is 7.43. The largest absolute Gasteiger partial charge is 0.383 e. The molecular weight excluding hydrogens is 236 g/mol. The molecule has 4 nitrogen and oxygen atoms in total. The van der Waals surface area contributed by atoms with E-state index >= 15 is 0 Å². The number of nitrogens with two attached hydrogens (primary N) is 1. The van der Waals surface area contributed by atoms with Crippen LogP contribution < -0.4 is 11.1 Å². The molecule has 0 aliphatic carbocycles. The van der Waals surface area contributed by atoms with E-state index in [1.54, 1.807) is 0 Å². The molecule has 0 saturated heterocycles. The monoisotopic (exact) mass is 264 g/mol. The molecule has 0 aromatic carbocycles. The van der Waals surface area contributed by atoms with Crippen molar-refractivity contribution in [1.29, 1.82) is 0 Å². The van der Waals surface area contributed by atoms with E-state index in [1.165, 1.54) is 38.4 Å². The number of nitrogen functional groups attached to an aromatic ring is 1. The Morgan fingerprint density at radius 3 is 2.53 bits per heavy atom. The zero-order chi connectivity index (χ0) is 14.3. The minimum atomic E-state index is 0.330. The van der Waals surface area contributed by atoms with E-state index in [2.05, 4.69) is 43.0 Å². The van der Waals surface area contributed by atoms with E-state index in [1.807, 2.05) is 0 Å². The summed E-state index contributed by atoms with van der Waals surface area (Å²) in [6, 6.07) is 0.420. The first kappa shape index (κ1) is 15.7. The number of unbranched alkanes of at least 4 members (excludes halogenated alkanes) is 3. The van der Waals surface area contributed by atoms with Crippen LogP contribution in [0.4, 0.5) is 11.6 Å². The lowest BCUT2D eigenvalue weighted by molar-refractivity contribution is 0.592. The Kier molecular flexibility index (Phi) is 6.60. The predicted molar refractivity (Wildman–Crippen MR) is 82.4 cm³/mol. The first-order chi connectivity index (χ1) is 9.06. The molecule has 0 saturated carbocycles. The van der Waals surface area contributed by atoms with Crippen LogP contribution in [0.2, 0.25) is 0 Å². The Bertz CT molecular complexity index is 376. The second-order valence-electron chi connectivity index (χ2n) is 5.57. The first-order valence-corrected chi connectivity index (χ1v) is 7.43. The minimum Gasteiger partial charge on any atom is -0.383 e. The normalized spacial score (nSPS) is 12.7. The molecule has 1 aromatic rings. The van der Waals surface area contributed by atoms with E-state index in [-0.39, 0.29) is 0 Å². The Labute approximate surface area is 117 Å². The molecule has 0 radical (unpaired) electrons. The molecular formula is C15H28N4. The fourth-order valence-electron chi connectivity index (χ4n) is 2.28. The fourth-order valence-corrected chi connectivity index (χ4v) is 2.28. The van der Waals surface area contributed by atoms with Gasteiger partial charge in [0.25, 0.3) is 0 Å². The maximum Gasteiger partial charge on any atom is 0.135 e. The summed E-state index contributed by atoms with van der Waals surface area (Å²) in [6.45, 7) is 8.67. The van der Waals surface area contributed by atoms with Gasteiger partial charge in [-0.3, -0.25) is 0 Å². The maximum absolute atomic E-state index is 5.95. The van der Waals surface area contributed by atoms with Gasteiger partial charge >= 0.3 is 0 Å². The highest BCUT2D eigenvalue weighted by Gasteiger charge is 2.14. The third-order valence-corrected chi connectivity index (χ3v) is 3.37. The summed E-state index contributed by atoms with van der Waals surface area (Å²) in [4.78, 5) is 8.42. The van der Waals surface area contributed by atoms with Crippen LogP contribution in [0, 0.1) is 0 Å². The molecule has 0 aliphatic heterocycles. The zero-order valence-electron chi connectivity index (χ0n) is 12.7. The van der Waals surface area contributed by atoms with Gasteiger partial charge in [-0.15, -0.1) is 0 Å². The fraction of sp³-hybridized carbons (Fsp3) is 0.733. The Hall–Kier alpha value is -1.32. The minimum absolute atomic E-state index is 0.330. The number of hydrogen-bond donors (Lipinski definition) is 2. The van der Waals surface area contributed by atoms with Crippen molar-refractivity contribution in [3.05, 3.63) is 11.9 Å². The molecule has 0 spiro atoms. The van der Waals surface area contributed by atoms with Crippen molar-refractivity contribution in [2.75, 3.05) is 11.1 Å². The SMILES string of the molecule is CCCCCCC(C)Nc1ncnc(N)c1C(C)C. The van der Waals surface area contributed by atoms with Crippen LogP contribution in [-0.2, 0) is 0 Å².